The molecule has 0 spiro atoms. The van der Waals surface area contributed by atoms with Crippen LogP contribution in [-0.4, -0.2) is 31.3 Å². The van der Waals surface area contributed by atoms with E-state index in [1.165, 1.54) is 16.8 Å². The van der Waals surface area contributed by atoms with Crippen molar-refractivity contribution in [2.75, 3.05) is 0 Å². The molecule has 1 N–H and O–H groups in total. The van der Waals surface area contributed by atoms with Gasteiger partial charge in [-0.3, -0.25) is 4.79 Å². The van der Waals surface area contributed by atoms with Gasteiger partial charge in [0.1, 0.15) is 5.82 Å². The van der Waals surface area contributed by atoms with E-state index in [0.717, 1.165) is 0 Å². The van der Waals surface area contributed by atoms with Gasteiger partial charge in [0.15, 0.2) is 5.82 Å². The molecule has 7 heteroatoms. The standard InChI is InChI=1S/C14H17FN4O2/c1-4-14(3,13(20)21)8-19-12(16-17-18-19)11-6-5-10(15)7-9(11)2/h5-7H,4,8H2,1-3H3,(H,20,21). The van der Waals surface area contributed by atoms with Crippen LogP contribution in [0.5, 0.6) is 0 Å². The van der Waals surface area contributed by atoms with E-state index < -0.39 is 11.4 Å². The number of benzene rings is 1. The molecule has 1 atom stereocenters. The lowest BCUT2D eigenvalue weighted by Gasteiger charge is -2.23. The van der Waals surface area contributed by atoms with E-state index in [1.807, 2.05) is 0 Å². The summed E-state index contributed by atoms with van der Waals surface area (Å²) in [7, 11) is 0. The van der Waals surface area contributed by atoms with Crippen molar-refractivity contribution in [2.24, 2.45) is 5.41 Å². The number of nitrogens with zero attached hydrogens (tertiary/aromatic N) is 4. The highest BCUT2D eigenvalue weighted by Gasteiger charge is 2.33. The molecule has 1 unspecified atom stereocenters. The Balaban J connectivity index is 2.41. The minimum absolute atomic E-state index is 0.151. The van der Waals surface area contributed by atoms with Crippen LogP contribution in [0.25, 0.3) is 11.4 Å². The van der Waals surface area contributed by atoms with Crippen LogP contribution < -0.4 is 0 Å². The van der Waals surface area contributed by atoms with Gasteiger partial charge < -0.3 is 5.11 Å². The molecule has 0 aliphatic rings. The molecule has 1 aromatic heterocycles. The van der Waals surface area contributed by atoms with Gasteiger partial charge in [0.05, 0.1) is 12.0 Å². The van der Waals surface area contributed by atoms with Crippen molar-refractivity contribution in [2.45, 2.75) is 33.7 Å². The summed E-state index contributed by atoms with van der Waals surface area (Å²) in [5.41, 5.74) is 0.419. The van der Waals surface area contributed by atoms with E-state index >= 15 is 0 Å². The molecule has 0 aliphatic heterocycles. The first kappa shape index (κ1) is 15.1. The average Bonchev–Trinajstić information content (AvgIpc) is 2.86. The number of carboxylic acid groups (broad SMARTS) is 1. The Labute approximate surface area is 121 Å². The number of hydrogen-bond acceptors (Lipinski definition) is 4. The van der Waals surface area contributed by atoms with Crippen molar-refractivity contribution in [3.05, 3.63) is 29.6 Å². The van der Waals surface area contributed by atoms with Crippen LogP contribution >= 0.6 is 0 Å². The first-order valence-electron chi connectivity index (χ1n) is 6.63. The van der Waals surface area contributed by atoms with Gasteiger partial charge in [0.2, 0.25) is 0 Å². The summed E-state index contributed by atoms with van der Waals surface area (Å²) in [5, 5.41) is 20.8. The molecule has 0 saturated heterocycles. The van der Waals surface area contributed by atoms with Gasteiger partial charge in [0, 0.05) is 5.56 Å². The number of tetrazole rings is 1. The fourth-order valence-electron chi connectivity index (χ4n) is 2.04. The Bertz CT molecular complexity index is 671. The first-order chi connectivity index (χ1) is 9.87. The van der Waals surface area contributed by atoms with E-state index in [0.29, 0.717) is 23.4 Å². The maximum Gasteiger partial charge on any atom is 0.311 e. The van der Waals surface area contributed by atoms with Crippen molar-refractivity contribution in [1.29, 1.82) is 0 Å². The number of aliphatic carboxylic acids is 1. The zero-order valence-corrected chi connectivity index (χ0v) is 12.2. The molecule has 1 aromatic carbocycles. The summed E-state index contributed by atoms with van der Waals surface area (Å²) >= 11 is 0. The fraction of sp³-hybridized carbons (Fsp3) is 0.429. The zero-order chi connectivity index (χ0) is 15.6. The Kier molecular flexibility index (Phi) is 4.02. The molecule has 0 amide bonds. The summed E-state index contributed by atoms with van der Waals surface area (Å²) < 4.78 is 14.6. The summed E-state index contributed by atoms with van der Waals surface area (Å²) in [6.07, 6.45) is 0.448. The molecular weight excluding hydrogens is 275 g/mol. The maximum atomic E-state index is 13.2. The van der Waals surface area contributed by atoms with E-state index in [-0.39, 0.29) is 12.4 Å². The molecule has 0 fully saturated rings. The van der Waals surface area contributed by atoms with Crippen LogP contribution in [0.1, 0.15) is 25.8 Å². The van der Waals surface area contributed by atoms with Gasteiger partial charge in [-0.05, 0) is 54.5 Å². The summed E-state index contributed by atoms with van der Waals surface area (Å²) in [4.78, 5) is 11.4. The fourth-order valence-corrected chi connectivity index (χ4v) is 2.04. The molecule has 6 nitrogen and oxygen atoms in total. The highest BCUT2D eigenvalue weighted by atomic mass is 19.1. The summed E-state index contributed by atoms with van der Waals surface area (Å²) in [6, 6.07) is 4.32. The maximum absolute atomic E-state index is 13.2. The minimum atomic E-state index is -0.960. The Morgan fingerprint density at radius 1 is 1.48 bits per heavy atom. The Hall–Kier alpha value is -2.31. The third-order valence-corrected chi connectivity index (χ3v) is 3.76. The zero-order valence-electron chi connectivity index (χ0n) is 12.2. The van der Waals surface area contributed by atoms with E-state index in [4.69, 9.17) is 0 Å². The molecule has 0 radical (unpaired) electrons. The van der Waals surface area contributed by atoms with Crippen LogP contribution in [0.4, 0.5) is 4.39 Å². The molecular formula is C14H17FN4O2. The van der Waals surface area contributed by atoms with Crippen LogP contribution in [0, 0.1) is 18.2 Å². The van der Waals surface area contributed by atoms with Gasteiger partial charge >= 0.3 is 5.97 Å². The molecule has 21 heavy (non-hydrogen) atoms. The SMILES string of the molecule is CCC(C)(Cn1nnnc1-c1ccc(F)cc1C)C(=O)O. The minimum Gasteiger partial charge on any atom is -0.481 e. The molecule has 112 valence electrons. The van der Waals surface area contributed by atoms with Crippen LogP contribution in [-0.2, 0) is 11.3 Å². The van der Waals surface area contributed by atoms with Crippen molar-refractivity contribution >= 4 is 5.97 Å². The van der Waals surface area contributed by atoms with E-state index in [9.17, 15) is 14.3 Å². The molecule has 2 aromatic rings. The van der Waals surface area contributed by atoms with E-state index in [1.54, 1.807) is 26.8 Å². The number of aromatic nitrogens is 4. The summed E-state index contributed by atoms with van der Waals surface area (Å²) in [6.45, 7) is 5.37. The second-order valence-electron chi connectivity index (χ2n) is 5.34. The molecule has 0 aliphatic carbocycles. The second-order valence-corrected chi connectivity index (χ2v) is 5.34. The number of hydrogen-bond donors (Lipinski definition) is 1. The van der Waals surface area contributed by atoms with Gasteiger partial charge in [-0.2, -0.15) is 0 Å². The number of rotatable bonds is 5. The lowest BCUT2D eigenvalue weighted by Crippen LogP contribution is -2.32. The predicted molar refractivity (Wildman–Crippen MR) is 74.0 cm³/mol. The quantitative estimate of drug-likeness (QED) is 0.914. The third kappa shape index (κ3) is 2.91. The normalized spacial score (nSPS) is 13.9. The predicted octanol–water partition coefficient (Wildman–Crippen LogP) is 2.29. The van der Waals surface area contributed by atoms with Crippen molar-refractivity contribution in [3.8, 4) is 11.4 Å². The largest absolute Gasteiger partial charge is 0.481 e. The second kappa shape index (κ2) is 5.59. The third-order valence-electron chi connectivity index (χ3n) is 3.76. The van der Waals surface area contributed by atoms with Gasteiger partial charge in [-0.25, -0.2) is 9.07 Å². The van der Waals surface area contributed by atoms with Crippen molar-refractivity contribution in [1.82, 2.24) is 20.2 Å². The number of carboxylic acids is 1. The Morgan fingerprint density at radius 2 is 2.19 bits per heavy atom. The molecule has 2 rings (SSSR count). The first-order valence-corrected chi connectivity index (χ1v) is 6.63. The number of halogens is 1. The highest BCUT2D eigenvalue weighted by Crippen LogP contribution is 2.27. The van der Waals surface area contributed by atoms with Gasteiger partial charge in [0.25, 0.3) is 0 Å². The molecule has 0 bridgehead atoms. The molecule has 1 heterocycles. The average molecular weight is 292 g/mol. The highest BCUT2D eigenvalue weighted by molar-refractivity contribution is 5.74. The summed E-state index contributed by atoms with van der Waals surface area (Å²) in [5.74, 6) is -0.796. The molecule has 0 saturated carbocycles. The van der Waals surface area contributed by atoms with Gasteiger partial charge in [-0.15, -0.1) is 5.10 Å². The Morgan fingerprint density at radius 3 is 2.76 bits per heavy atom. The smallest absolute Gasteiger partial charge is 0.311 e. The lowest BCUT2D eigenvalue weighted by molar-refractivity contribution is -0.149. The number of aryl methyl sites for hydroxylation is 1. The van der Waals surface area contributed by atoms with Crippen molar-refractivity contribution < 1.29 is 14.3 Å². The van der Waals surface area contributed by atoms with Crippen LogP contribution in [0.3, 0.4) is 0 Å². The van der Waals surface area contributed by atoms with Crippen LogP contribution in [0.2, 0.25) is 0 Å². The number of carbonyl (C=O) groups is 1. The van der Waals surface area contributed by atoms with Gasteiger partial charge in [-0.1, -0.05) is 6.92 Å². The van der Waals surface area contributed by atoms with Crippen LogP contribution in [0.15, 0.2) is 18.2 Å². The van der Waals surface area contributed by atoms with E-state index in [2.05, 4.69) is 15.5 Å². The topological polar surface area (TPSA) is 80.9 Å². The van der Waals surface area contributed by atoms with Crippen molar-refractivity contribution in [3.63, 3.8) is 0 Å². The monoisotopic (exact) mass is 292 g/mol. The lowest BCUT2D eigenvalue weighted by atomic mass is 9.87.